The fraction of sp³-hybridized carbons (Fsp3) is 0.618. The van der Waals surface area contributed by atoms with E-state index in [1.807, 2.05) is 6.20 Å². The topological polar surface area (TPSA) is 17.3 Å². The average Bonchev–Trinajstić information content (AvgIpc) is 3.14. The number of nitrogens with zero attached hydrogens (tertiary/aromatic N) is 2. The number of aromatic nitrogens is 2. The first-order chi connectivity index (χ1) is 16.4. The molecule has 36 heavy (non-hydrogen) atoms. The van der Waals surface area contributed by atoms with Gasteiger partial charge < -0.3 is 4.40 Å². The largest absolute Gasteiger partial charge is 0.303 e. The van der Waals surface area contributed by atoms with Crippen LogP contribution in [-0.4, -0.2) is 9.38 Å². The highest BCUT2D eigenvalue weighted by atomic mass is 15.0. The quantitative estimate of drug-likeness (QED) is 0.333. The number of benzene rings is 1. The second-order valence-electron chi connectivity index (χ2n) is 15.4. The van der Waals surface area contributed by atoms with Crippen molar-refractivity contribution in [3.05, 3.63) is 70.8 Å². The minimum atomic E-state index is 0.0762. The van der Waals surface area contributed by atoms with Gasteiger partial charge in [-0.15, -0.1) is 0 Å². The van der Waals surface area contributed by atoms with Crippen LogP contribution in [-0.2, 0) is 23.7 Å². The number of rotatable bonds is 1. The predicted octanol–water partition coefficient (Wildman–Crippen LogP) is 9.67. The van der Waals surface area contributed by atoms with Gasteiger partial charge in [-0.2, -0.15) is 0 Å². The Kier molecular flexibility index (Phi) is 7.91. The third-order valence-electron chi connectivity index (χ3n) is 7.37. The Morgan fingerprint density at radius 1 is 0.833 bits per heavy atom. The fourth-order valence-corrected chi connectivity index (χ4v) is 5.47. The van der Waals surface area contributed by atoms with E-state index in [0.717, 1.165) is 18.2 Å². The second kappa shape index (κ2) is 9.99. The lowest BCUT2D eigenvalue weighted by Gasteiger charge is -2.37. The highest BCUT2D eigenvalue weighted by Gasteiger charge is 2.31. The van der Waals surface area contributed by atoms with E-state index in [9.17, 15) is 0 Å². The summed E-state index contributed by atoms with van der Waals surface area (Å²) in [4.78, 5) is 4.57. The van der Waals surface area contributed by atoms with E-state index < -0.39 is 0 Å². The summed E-state index contributed by atoms with van der Waals surface area (Å²) in [6, 6.07) is 11.6. The van der Waals surface area contributed by atoms with E-state index in [0.29, 0.717) is 10.8 Å². The van der Waals surface area contributed by atoms with Crippen LogP contribution in [0, 0.1) is 10.8 Å². The van der Waals surface area contributed by atoms with Crippen LogP contribution in [0.25, 0.3) is 5.52 Å². The van der Waals surface area contributed by atoms with E-state index in [-0.39, 0.29) is 10.8 Å². The molecule has 0 saturated heterocycles. The van der Waals surface area contributed by atoms with E-state index in [1.54, 1.807) is 11.1 Å². The van der Waals surface area contributed by atoms with E-state index in [1.165, 1.54) is 35.9 Å². The average molecular weight is 489 g/mol. The molecule has 0 bridgehead atoms. The minimum absolute atomic E-state index is 0.0762. The Bertz CT molecular complexity index is 1170. The third kappa shape index (κ3) is 7.02. The van der Waals surface area contributed by atoms with Gasteiger partial charge in [-0.25, -0.2) is 4.98 Å². The van der Waals surface area contributed by atoms with E-state index >= 15 is 0 Å². The van der Waals surface area contributed by atoms with Crippen LogP contribution >= 0.6 is 0 Å². The van der Waals surface area contributed by atoms with Crippen LogP contribution in [0.5, 0.6) is 0 Å². The first-order valence-electron chi connectivity index (χ1n) is 14.0. The van der Waals surface area contributed by atoms with Gasteiger partial charge in [0.2, 0.25) is 0 Å². The molecule has 2 heterocycles. The maximum absolute atomic E-state index is 4.57. The fourth-order valence-electron chi connectivity index (χ4n) is 5.47. The number of hydrogen-bond donors (Lipinski definition) is 0. The molecule has 0 amide bonds. The molecule has 0 radical (unpaired) electrons. The number of fused-ring (bicyclic) bond motifs is 2. The molecule has 1 atom stereocenters. The van der Waals surface area contributed by atoms with Crippen LogP contribution in [0.1, 0.15) is 130 Å². The van der Waals surface area contributed by atoms with Gasteiger partial charge in [0.1, 0.15) is 5.82 Å². The molecule has 2 nitrogen and oxygen atoms in total. The van der Waals surface area contributed by atoms with Gasteiger partial charge in [-0.3, -0.25) is 0 Å². The number of hydrogen-bond acceptors (Lipinski definition) is 1. The maximum Gasteiger partial charge on any atom is 0.118 e. The van der Waals surface area contributed by atoms with Gasteiger partial charge in [0.05, 0.1) is 11.7 Å². The van der Waals surface area contributed by atoms with Crippen molar-refractivity contribution in [2.75, 3.05) is 0 Å². The van der Waals surface area contributed by atoms with Gasteiger partial charge in [-0.05, 0) is 76.2 Å². The summed E-state index contributed by atoms with van der Waals surface area (Å²) in [6.45, 7) is 27.5. The Balaban J connectivity index is 0.000000201. The lowest BCUT2D eigenvalue weighted by molar-refractivity contribution is 0.289. The zero-order valence-electron chi connectivity index (χ0n) is 25.3. The van der Waals surface area contributed by atoms with Gasteiger partial charge in [0.15, 0.2) is 0 Å². The zero-order valence-corrected chi connectivity index (χ0v) is 25.3. The smallest absolute Gasteiger partial charge is 0.118 e. The molecule has 198 valence electrons. The monoisotopic (exact) mass is 488 g/mol. The molecule has 0 spiro atoms. The Morgan fingerprint density at radius 3 is 2.06 bits per heavy atom. The highest BCUT2D eigenvalue weighted by Crippen LogP contribution is 2.44. The Morgan fingerprint density at radius 2 is 1.50 bits per heavy atom. The normalized spacial score (nSPS) is 16.9. The molecule has 2 aromatic heterocycles. The summed E-state index contributed by atoms with van der Waals surface area (Å²) < 4.78 is 2.24. The van der Waals surface area contributed by atoms with E-state index in [4.69, 9.17) is 0 Å². The first kappa shape index (κ1) is 28.5. The van der Waals surface area contributed by atoms with Gasteiger partial charge >= 0.3 is 0 Å². The summed E-state index contributed by atoms with van der Waals surface area (Å²) in [6.07, 6.45) is 9.26. The lowest BCUT2D eigenvalue weighted by atomic mass is 9.68. The zero-order chi connectivity index (χ0) is 27.1. The summed E-state index contributed by atoms with van der Waals surface area (Å²) in [5.74, 6) is 1.86. The van der Waals surface area contributed by atoms with Crippen molar-refractivity contribution in [1.29, 1.82) is 0 Å². The molecule has 0 saturated carbocycles. The molecule has 1 aliphatic carbocycles. The SMILES string of the molecule is CC(C)(C)Cc1ccc2cnc(C(C)(C)C)n2c1.CC(C)(C)c1ccc2c(c1)C(C(C)(C)C)CCC2. The molecule has 0 fully saturated rings. The molecule has 2 heteroatoms. The number of imidazole rings is 1. The molecule has 1 unspecified atom stereocenters. The highest BCUT2D eigenvalue weighted by molar-refractivity contribution is 5.48. The lowest BCUT2D eigenvalue weighted by Crippen LogP contribution is -2.24. The molecule has 0 N–H and O–H groups in total. The van der Waals surface area contributed by atoms with Crippen molar-refractivity contribution in [1.82, 2.24) is 9.38 Å². The summed E-state index contributed by atoms with van der Waals surface area (Å²) in [5.41, 5.74) is 8.28. The second-order valence-corrected chi connectivity index (χ2v) is 15.4. The molecule has 1 aliphatic rings. The van der Waals surface area contributed by atoms with Gasteiger partial charge in [0, 0.05) is 11.6 Å². The Hall–Kier alpha value is -2.09. The molecule has 4 rings (SSSR count). The first-order valence-corrected chi connectivity index (χ1v) is 14.0. The molecule has 3 aromatic rings. The summed E-state index contributed by atoms with van der Waals surface area (Å²) in [5, 5.41) is 0. The van der Waals surface area contributed by atoms with Crippen LogP contribution in [0.15, 0.2) is 42.7 Å². The third-order valence-corrected chi connectivity index (χ3v) is 7.37. The molecular weight excluding hydrogens is 436 g/mol. The summed E-state index contributed by atoms with van der Waals surface area (Å²) in [7, 11) is 0. The number of pyridine rings is 1. The van der Waals surface area contributed by atoms with Gasteiger partial charge in [0.25, 0.3) is 0 Å². The minimum Gasteiger partial charge on any atom is -0.303 e. The van der Waals surface area contributed by atoms with Crippen molar-refractivity contribution < 1.29 is 0 Å². The van der Waals surface area contributed by atoms with Gasteiger partial charge in [-0.1, -0.05) is 107 Å². The maximum atomic E-state index is 4.57. The molecule has 0 aliphatic heterocycles. The summed E-state index contributed by atoms with van der Waals surface area (Å²) >= 11 is 0. The molecular formula is C34H52N2. The van der Waals surface area contributed by atoms with Crippen molar-refractivity contribution in [3.63, 3.8) is 0 Å². The van der Waals surface area contributed by atoms with Crippen LogP contribution in [0.2, 0.25) is 0 Å². The van der Waals surface area contributed by atoms with E-state index in [2.05, 4.69) is 129 Å². The van der Waals surface area contributed by atoms with Crippen LogP contribution in [0.3, 0.4) is 0 Å². The predicted molar refractivity (Wildman–Crippen MR) is 157 cm³/mol. The molecule has 1 aromatic carbocycles. The van der Waals surface area contributed by atoms with Crippen molar-refractivity contribution >= 4 is 5.52 Å². The van der Waals surface area contributed by atoms with Crippen LogP contribution in [0.4, 0.5) is 0 Å². The Labute approximate surface area is 221 Å². The van der Waals surface area contributed by atoms with Crippen LogP contribution < -0.4 is 0 Å². The van der Waals surface area contributed by atoms with Crippen molar-refractivity contribution in [2.24, 2.45) is 10.8 Å². The standard InChI is InChI=1S/C18H28.C16H24N2/c1-17(2,3)14-11-10-13-8-7-9-16(15(13)12-14)18(4,5)6;1-15(2,3)9-12-7-8-13-10-17-14(16(4,5)6)18(13)11-12/h10-12,16H,7-9H2,1-6H3;7-8,10-11H,9H2,1-6H3. The number of aryl methyl sites for hydroxylation is 1. The van der Waals surface area contributed by atoms with Crippen molar-refractivity contribution in [3.8, 4) is 0 Å². The van der Waals surface area contributed by atoms with Crippen molar-refractivity contribution in [2.45, 2.75) is 126 Å².